The Hall–Kier alpha value is -2.14. The normalized spacial score (nSPS) is 14.9. The summed E-state index contributed by atoms with van der Waals surface area (Å²) in [6.45, 7) is 1.76. The maximum Gasteiger partial charge on any atom is 0.184 e. The van der Waals surface area contributed by atoms with Gasteiger partial charge in [0.1, 0.15) is 0 Å². The Morgan fingerprint density at radius 2 is 1.44 bits per heavy atom. The number of halogens is 2. The molecule has 5 rings (SSSR count). The zero-order valence-corrected chi connectivity index (χ0v) is 22.5. The Labute approximate surface area is 221 Å². The molecule has 1 aliphatic carbocycles. The SMILES string of the molecule is Br.Clc1ccc(C2(c3csc(=NCCc4ccccc4)n3CCc3ccccc3)CCC2)cc1. The van der Waals surface area contributed by atoms with E-state index < -0.39 is 0 Å². The van der Waals surface area contributed by atoms with E-state index in [-0.39, 0.29) is 22.4 Å². The third-order valence-electron chi connectivity index (χ3n) is 6.85. The van der Waals surface area contributed by atoms with Crippen molar-refractivity contribution in [3.63, 3.8) is 0 Å². The first-order valence-corrected chi connectivity index (χ1v) is 13.0. The molecule has 1 saturated carbocycles. The molecule has 0 radical (unpaired) electrons. The lowest BCUT2D eigenvalue weighted by molar-refractivity contribution is 0.282. The quantitative estimate of drug-likeness (QED) is 0.213. The summed E-state index contributed by atoms with van der Waals surface area (Å²) < 4.78 is 2.50. The van der Waals surface area contributed by atoms with E-state index in [9.17, 15) is 0 Å². The molecule has 5 heteroatoms. The van der Waals surface area contributed by atoms with Crippen molar-refractivity contribution < 1.29 is 0 Å². The molecule has 1 aliphatic rings. The van der Waals surface area contributed by atoms with Crippen LogP contribution in [0.15, 0.2) is 95.3 Å². The van der Waals surface area contributed by atoms with Gasteiger partial charge in [-0.2, -0.15) is 0 Å². The van der Waals surface area contributed by atoms with Crippen molar-refractivity contribution in [3.8, 4) is 0 Å². The molecule has 4 aromatic rings. The van der Waals surface area contributed by atoms with Crippen LogP contribution in [0.5, 0.6) is 0 Å². The predicted octanol–water partition coefficient (Wildman–Crippen LogP) is 7.64. The van der Waals surface area contributed by atoms with E-state index in [1.807, 2.05) is 12.1 Å². The molecule has 3 aromatic carbocycles. The van der Waals surface area contributed by atoms with Crippen LogP contribution in [0.4, 0.5) is 0 Å². The predicted molar refractivity (Wildman–Crippen MR) is 149 cm³/mol. The van der Waals surface area contributed by atoms with Crippen LogP contribution in [0.2, 0.25) is 5.02 Å². The molecular formula is C29H30BrClN2S. The summed E-state index contributed by atoms with van der Waals surface area (Å²) in [5.74, 6) is 0. The number of rotatable bonds is 8. The summed E-state index contributed by atoms with van der Waals surface area (Å²) in [5.41, 5.74) is 5.57. The molecule has 34 heavy (non-hydrogen) atoms. The zero-order chi connectivity index (χ0) is 22.5. The van der Waals surface area contributed by atoms with Gasteiger partial charge in [0.2, 0.25) is 0 Å². The minimum Gasteiger partial charge on any atom is -0.320 e. The number of hydrogen-bond acceptors (Lipinski definition) is 2. The van der Waals surface area contributed by atoms with E-state index in [1.54, 1.807) is 11.3 Å². The fourth-order valence-electron chi connectivity index (χ4n) is 4.85. The minimum absolute atomic E-state index is 0. The molecule has 1 fully saturated rings. The summed E-state index contributed by atoms with van der Waals surface area (Å²) in [7, 11) is 0. The van der Waals surface area contributed by atoms with Crippen LogP contribution in [0.25, 0.3) is 0 Å². The molecule has 1 heterocycles. The molecule has 176 valence electrons. The molecular weight excluding hydrogens is 524 g/mol. The fourth-order valence-corrected chi connectivity index (χ4v) is 6.03. The lowest BCUT2D eigenvalue weighted by Gasteiger charge is -2.43. The van der Waals surface area contributed by atoms with E-state index in [0.717, 1.165) is 35.8 Å². The number of aromatic nitrogens is 1. The van der Waals surface area contributed by atoms with Gasteiger partial charge < -0.3 is 4.57 Å². The lowest BCUT2D eigenvalue weighted by Crippen LogP contribution is -2.39. The smallest absolute Gasteiger partial charge is 0.184 e. The first-order chi connectivity index (χ1) is 16.2. The van der Waals surface area contributed by atoms with Gasteiger partial charge in [0.25, 0.3) is 0 Å². The summed E-state index contributed by atoms with van der Waals surface area (Å²) >= 11 is 8.00. The van der Waals surface area contributed by atoms with Crippen molar-refractivity contribution in [2.45, 2.75) is 44.1 Å². The van der Waals surface area contributed by atoms with E-state index in [0.29, 0.717) is 0 Å². The molecule has 0 saturated heterocycles. The maximum atomic E-state index is 6.21. The van der Waals surface area contributed by atoms with E-state index in [1.165, 1.54) is 41.6 Å². The largest absolute Gasteiger partial charge is 0.320 e. The van der Waals surface area contributed by atoms with E-state index in [2.05, 4.69) is 82.7 Å². The summed E-state index contributed by atoms with van der Waals surface area (Å²) in [4.78, 5) is 6.21. The van der Waals surface area contributed by atoms with Crippen LogP contribution < -0.4 is 4.80 Å². The average Bonchev–Trinajstić information content (AvgIpc) is 3.22. The van der Waals surface area contributed by atoms with Crippen molar-refractivity contribution in [1.29, 1.82) is 0 Å². The van der Waals surface area contributed by atoms with Gasteiger partial charge in [-0.1, -0.05) is 90.8 Å². The van der Waals surface area contributed by atoms with Crippen molar-refractivity contribution >= 4 is 39.9 Å². The Morgan fingerprint density at radius 3 is 2.03 bits per heavy atom. The first-order valence-electron chi connectivity index (χ1n) is 11.8. The standard InChI is InChI=1S/C29H29ClN2S.BrH/c30-26-14-12-25(13-15-26)29(18-7-19-29)27-22-33-28(31-20-16-23-8-3-1-4-9-23)32(27)21-17-24-10-5-2-6-11-24;/h1-6,8-15,22H,7,16-21H2;1H. The van der Waals surface area contributed by atoms with Gasteiger partial charge in [-0.15, -0.1) is 28.3 Å². The molecule has 2 nitrogen and oxygen atoms in total. The molecule has 0 spiro atoms. The fraction of sp³-hybridized carbons (Fsp3) is 0.276. The number of hydrogen-bond donors (Lipinski definition) is 0. The maximum absolute atomic E-state index is 6.21. The molecule has 0 N–H and O–H groups in total. The highest BCUT2D eigenvalue weighted by Gasteiger charge is 2.42. The average molecular weight is 554 g/mol. The molecule has 0 bridgehead atoms. The number of benzene rings is 3. The Morgan fingerprint density at radius 1 is 0.824 bits per heavy atom. The van der Waals surface area contributed by atoms with Crippen molar-refractivity contribution in [3.05, 3.63) is 123 Å². The Balaban J connectivity index is 0.00000274. The van der Waals surface area contributed by atoms with Gasteiger partial charge in [-0.05, 0) is 54.5 Å². The molecule has 0 atom stereocenters. The van der Waals surface area contributed by atoms with Crippen LogP contribution >= 0.6 is 39.9 Å². The number of nitrogens with zero attached hydrogens (tertiary/aromatic N) is 2. The van der Waals surface area contributed by atoms with Crippen LogP contribution in [0, 0.1) is 0 Å². The van der Waals surface area contributed by atoms with E-state index in [4.69, 9.17) is 16.6 Å². The minimum atomic E-state index is 0. The second-order valence-electron chi connectivity index (χ2n) is 8.85. The van der Waals surface area contributed by atoms with Crippen LogP contribution in [-0.4, -0.2) is 11.1 Å². The second-order valence-corrected chi connectivity index (χ2v) is 10.1. The highest BCUT2D eigenvalue weighted by Crippen LogP contribution is 2.49. The second kappa shape index (κ2) is 11.5. The first kappa shape index (κ1) is 25.0. The van der Waals surface area contributed by atoms with Gasteiger partial charge in [0.05, 0.1) is 0 Å². The lowest BCUT2D eigenvalue weighted by atomic mass is 9.62. The highest BCUT2D eigenvalue weighted by atomic mass is 79.9. The number of thiazole rings is 1. The summed E-state index contributed by atoms with van der Waals surface area (Å²) in [6.07, 6.45) is 5.60. The molecule has 0 unspecified atom stereocenters. The molecule has 1 aromatic heterocycles. The van der Waals surface area contributed by atoms with Gasteiger partial charge in [-0.25, -0.2) is 0 Å². The van der Waals surface area contributed by atoms with Crippen molar-refractivity contribution in [2.24, 2.45) is 4.99 Å². The Kier molecular flexibility index (Phi) is 8.46. The van der Waals surface area contributed by atoms with E-state index >= 15 is 0 Å². The van der Waals surface area contributed by atoms with Gasteiger partial charge in [0, 0.05) is 34.6 Å². The van der Waals surface area contributed by atoms with Crippen LogP contribution in [0.3, 0.4) is 0 Å². The summed E-state index contributed by atoms with van der Waals surface area (Å²) in [6, 6.07) is 29.9. The van der Waals surface area contributed by atoms with Crippen LogP contribution in [0.1, 0.15) is 41.6 Å². The molecule has 0 amide bonds. The topological polar surface area (TPSA) is 17.3 Å². The van der Waals surface area contributed by atoms with Crippen molar-refractivity contribution in [2.75, 3.05) is 6.54 Å². The zero-order valence-electron chi connectivity index (χ0n) is 19.2. The van der Waals surface area contributed by atoms with Gasteiger partial charge >= 0.3 is 0 Å². The van der Waals surface area contributed by atoms with Gasteiger partial charge in [-0.3, -0.25) is 4.99 Å². The third kappa shape index (κ3) is 5.40. The molecule has 0 aliphatic heterocycles. The number of aryl methyl sites for hydroxylation is 1. The van der Waals surface area contributed by atoms with Gasteiger partial charge in [0.15, 0.2) is 4.80 Å². The highest BCUT2D eigenvalue weighted by molar-refractivity contribution is 8.93. The monoisotopic (exact) mass is 552 g/mol. The Bertz CT molecular complexity index is 1240. The van der Waals surface area contributed by atoms with Crippen LogP contribution in [-0.2, 0) is 24.8 Å². The third-order valence-corrected chi connectivity index (χ3v) is 8.00. The van der Waals surface area contributed by atoms with Crippen molar-refractivity contribution in [1.82, 2.24) is 4.57 Å². The summed E-state index contributed by atoms with van der Waals surface area (Å²) in [5, 5.41) is 3.16.